The lowest BCUT2D eigenvalue weighted by Gasteiger charge is -2.08. The number of nitrogens with one attached hydrogen (secondary N) is 1. The molecule has 0 aliphatic heterocycles. The number of hydrogen-bond acceptors (Lipinski definition) is 2. The van der Waals surface area contributed by atoms with Crippen molar-refractivity contribution in [3.05, 3.63) is 66.3 Å². The number of imidazole rings is 1. The van der Waals surface area contributed by atoms with Crippen LogP contribution in [0.2, 0.25) is 0 Å². The molecule has 0 saturated heterocycles. The summed E-state index contributed by atoms with van der Waals surface area (Å²) in [7, 11) is 0. The summed E-state index contributed by atoms with van der Waals surface area (Å²) in [5, 5.41) is 3.00. The minimum Gasteiger partial charge on any atom is -0.370 e. The second-order valence-corrected chi connectivity index (χ2v) is 4.97. The van der Waals surface area contributed by atoms with E-state index < -0.39 is 0 Å². The van der Waals surface area contributed by atoms with Crippen LogP contribution in [0.5, 0.6) is 0 Å². The first-order valence-corrected chi connectivity index (χ1v) is 6.87. The van der Waals surface area contributed by atoms with Gasteiger partial charge in [-0.05, 0) is 12.5 Å². The van der Waals surface area contributed by atoms with Crippen molar-refractivity contribution in [2.75, 3.05) is 6.54 Å². The zero-order chi connectivity index (χ0) is 15.1. The number of hydrogen-bond donors (Lipinski definition) is 2. The van der Waals surface area contributed by atoms with Crippen LogP contribution >= 0.6 is 24.0 Å². The fourth-order valence-electron chi connectivity index (χ4n) is 1.87. The van der Waals surface area contributed by atoms with Crippen molar-refractivity contribution in [2.45, 2.75) is 20.0 Å². The number of benzene rings is 1. The van der Waals surface area contributed by atoms with Gasteiger partial charge in [-0.15, -0.1) is 24.0 Å². The lowest BCUT2D eigenvalue weighted by Crippen LogP contribution is -2.32. The average Bonchev–Trinajstić information content (AvgIpc) is 2.91. The summed E-state index contributed by atoms with van der Waals surface area (Å²) in [6.07, 6.45) is 3.74. The van der Waals surface area contributed by atoms with Crippen molar-refractivity contribution in [3.8, 4) is 0 Å². The number of aliphatic imine (C=N–C) groups is 1. The molecule has 0 saturated carbocycles. The third-order valence-corrected chi connectivity index (χ3v) is 2.96. The predicted molar refractivity (Wildman–Crippen MR) is 101 cm³/mol. The van der Waals surface area contributed by atoms with Crippen LogP contribution in [0.15, 0.2) is 59.9 Å². The van der Waals surface area contributed by atoms with Gasteiger partial charge in [0.2, 0.25) is 0 Å². The molecular weight excluding hydrogens is 389 g/mol. The molecule has 0 bridgehead atoms. The number of rotatable bonds is 6. The fraction of sp³-hybridized carbons (Fsp3) is 0.250. The van der Waals surface area contributed by atoms with Gasteiger partial charge in [-0.3, -0.25) is 0 Å². The molecule has 6 heteroatoms. The molecule has 118 valence electrons. The van der Waals surface area contributed by atoms with Crippen molar-refractivity contribution in [1.29, 1.82) is 0 Å². The Labute approximate surface area is 148 Å². The first-order valence-electron chi connectivity index (χ1n) is 6.87. The first-order chi connectivity index (χ1) is 10.1. The van der Waals surface area contributed by atoms with Crippen molar-refractivity contribution in [1.82, 2.24) is 14.9 Å². The molecule has 1 aromatic carbocycles. The van der Waals surface area contributed by atoms with Crippen LogP contribution in [0.1, 0.15) is 18.3 Å². The molecule has 0 amide bonds. The van der Waals surface area contributed by atoms with Gasteiger partial charge in [-0.25, -0.2) is 9.98 Å². The Hall–Kier alpha value is -1.83. The molecule has 1 aromatic heterocycles. The van der Waals surface area contributed by atoms with E-state index in [2.05, 4.69) is 38.6 Å². The molecule has 2 rings (SSSR count). The highest BCUT2D eigenvalue weighted by atomic mass is 127. The summed E-state index contributed by atoms with van der Waals surface area (Å²) in [5.41, 5.74) is 8.05. The van der Waals surface area contributed by atoms with Gasteiger partial charge in [0.25, 0.3) is 0 Å². The third-order valence-electron chi connectivity index (χ3n) is 2.96. The van der Waals surface area contributed by atoms with Crippen LogP contribution in [-0.2, 0) is 13.1 Å². The molecule has 2 aromatic rings. The second kappa shape index (κ2) is 9.24. The van der Waals surface area contributed by atoms with Crippen molar-refractivity contribution in [2.24, 2.45) is 10.7 Å². The van der Waals surface area contributed by atoms with E-state index in [1.807, 2.05) is 31.3 Å². The molecule has 22 heavy (non-hydrogen) atoms. The number of nitrogens with zero attached hydrogens (tertiary/aromatic N) is 3. The van der Waals surface area contributed by atoms with Gasteiger partial charge >= 0.3 is 0 Å². The molecule has 5 nitrogen and oxygen atoms in total. The Bertz CT molecular complexity index is 618. The first kappa shape index (κ1) is 18.2. The summed E-state index contributed by atoms with van der Waals surface area (Å²) in [6, 6.07) is 10.3. The predicted octanol–water partition coefficient (Wildman–Crippen LogP) is 2.53. The maximum Gasteiger partial charge on any atom is 0.189 e. The summed E-state index contributed by atoms with van der Waals surface area (Å²) >= 11 is 0. The molecule has 0 unspecified atom stereocenters. The molecule has 0 aliphatic carbocycles. The smallest absolute Gasteiger partial charge is 0.189 e. The summed E-state index contributed by atoms with van der Waals surface area (Å²) in [4.78, 5) is 8.63. The second-order valence-electron chi connectivity index (χ2n) is 4.97. The monoisotopic (exact) mass is 411 g/mol. The Morgan fingerprint density at radius 1 is 1.36 bits per heavy atom. The van der Waals surface area contributed by atoms with E-state index in [4.69, 9.17) is 5.73 Å². The van der Waals surface area contributed by atoms with Crippen LogP contribution in [0.3, 0.4) is 0 Å². The molecule has 0 spiro atoms. The van der Waals surface area contributed by atoms with E-state index in [1.165, 1.54) is 5.56 Å². The Balaban J connectivity index is 0.00000242. The van der Waals surface area contributed by atoms with Gasteiger partial charge in [0.1, 0.15) is 12.4 Å². The molecule has 0 radical (unpaired) electrons. The minimum absolute atomic E-state index is 0. The average molecular weight is 411 g/mol. The zero-order valence-electron chi connectivity index (χ0n) is 12.7. The van der Waals surface area contributed by atoms with Crippen LogP contribution in [0, 0.1) is 0 Å². The van der Waals surface area contributed by atoms with Crippen LogP contribution < -0.4 is 11.1 Å². The van der Waals surface area contributed by atoms with E-state index in [0.29, 0.717) is 19.0 Å². The molecule has 3 N–H and O–H groups in total. The maximum atomic E-state index is 5.80. The number of aromatic nitrogens is 2. The minimum atomic E-state index is 0. The van der Waals surface area contributed by atoms with Gasteiger partial charge in [-0.2, -0.15) is 0 Å². The van der Waals surface area contributed by atoms with Gasteiger partial charge < -0.3 is 15.6 Å². The summed E-state index contributed by atoms with van der Waals surface area (Å²) < 4.78 is 2.07. The summed E-state index contributed by atoms with van der Waals surface area (Å²) in [5.74, 6) is 1.30. The highest BCUT2D eigenvalue weighted by Crippen LogP contribution is 2.06. The topological polar surface area (TPSA) is 68.2 Å². The highest BCUT2D eigenvalue weighted by molar-refractivity contribution is 14.0. The molecular formula is C16H22IN5. The van der Waals surface area contributed by atoms with Crippen molar-refractivity contribution in [3.63, 3.8) is 0 Å². The summed E-state index contributed by atoms with van der Waals surface area (Å²) in [6.45, 7) is 7.61. The van der Waals surface area contributed by atoms with Crippen LogP contribution in [0.25, 0.3) is 0 Å². The lowest BCUT2D eigenvalue weighted by atomic mass is 10.2. The Morgan fingerprint density at radius 2 is 2.09 bits per heavy atom. The quantitative estimate of drug-likeness (QED) is 0.332. The molecule has 0 fully saturated rings. The zero-order valence-corrected chi connectivity index (χ0v) is 15.0. The van der Waals surface area contributed by atoms with E-state index in [0.717, 1.165) is 17.9 Å². The van der Waals surface area contributed by atoms with Gasteiger partial charge in [-0.1, -0.05) is 42.5 Å². The fourth-order valence-corrected chi connectivity index (χ4v) is 1.87. The normalized spacial score (nSPS) is 10.9. The molecule has 0 atom stereocenters. The maximum absolute atomic E-state index is 5.80. The van der Waals surface area contributed by atoms with Crippen LogP contribution in [0.4, 0.5) is 0 Å². The van der Waals surface area contributed by atoms with Crippen LogP contribution in [-0.4, -0.2) is 22.1 Å². The third kappa shape index (κ3) is 5.88. The Kier molecular flexibility index (Phi) is 7.65. The lowest BCUT2D eigenvalue weighted by molar-refractivity contribution is 0.722. The van der Waals surface area contributed by atoms with Gasteiger partial charge in [0.05, 0.1) is 0 Å². The highest BCUT2D eigenvalue weighted by Gasteiger charge is 2.03. The van der Waals surface area contributed by atoms with Gasteiger partial charge in [0.15, 0.2) is 5.96 Å². The van der Waals surface area contributed by atoms with Crippen molar-refractivity contribution >= 4 is 29.9 Å². The molecule has 0 aliphatic rings. The SMILES string of the molecule is C=C(C)CNC(N)=NCc1nccn1Cc1ccccc1.I. The van der Waals surface area contributed by atoms with E-state index in [1.54, 1.807) is 6.20 Å². The largest absolute Gasteiger partial charge is 0.370 e. The van der Waals surface area contributed by atoms with Crippen molar-refractivity contribution < 1.29 is 0 Å². The number of guanidine groups is 1. The standard InChI is InChI=1S/C16H21N5.HI/c1-13(2)10-19-16(17)20-11-15-18-8-9-21(15)12-14-6-4-3-5-7-14;/h3-9H,1,10-12H2,2H3,(H3,17,19,20);1H. The van der Waals surface area contributed by atoms with Gasteiger partial charge in [0, 0.05) is 25.5 Å². The Morgan fingerprint density at radius 3 is 2.77 bits per heavy atom. The van der Waals surface area contributed by atoms with E-state index in [9.17, 15) is 0 Å². The number of nitrogens with two attached hydrogens (primary N) is 1. The molecule has 1 heterocycles. The number of halogens is 1. The van der Waals surface area contributed by atoms with E-state index >= 15 is 0 Å². The van der Waals surface area contributed by atoms with E-state index in [-0.39, 0.29) is 24.0 Å².